The van der Waals surface area contributed by atoms with Crippen LogP contribution in [0.15, 0.2) is 40.5 Å². The van der Waals surface area contributed by atoms with Gasteiger partial charge in [0, 0.05) is 17.1 Å². The number of alkyl halides is 3. The molecule has 2 heterocycles. The van der Waals surface area contributed by atoms with Crippen LogP contribution < -0.4 is 10.2 Å². The van der Waals surface area contributed by atoms with Crippen LogP contribution in [-0.4, -0.2) is 20.3 Å². The molecule has 0 spiro atoms. The van der Waals surface area contributed by atoms with Crippen molar-refractivity contribution in [3.63, 3.8) is 0 Å². The summed E-state index contributed by atoms with van der Waals surface area (Å²) < 4.78 is 41.4. The van der Waals surface area contributed by atoms with Gasteiger partial charge < -0.3 is 5.32 Å². The van der Waals surface area contributed by atoms with Gasteiger partial charge in [-0.3, -0.25) is 14.2 Å². The van der Waals surface area contributed by atoms with Gasteiger partial charge in [-0.15, -0.1) is 0 Å². The SMILES string of the molecule is Cc1cc(NC(=O)Cn2c(C)csc2=O)n(-c2cccc(C(F)(F)F)c2)n1. The highest BCUT2D eigenvalue weighted by Gasteiger charge is 2.30. The third-order valence-corrected chi connectivity index (χ3v) is 4.68. The molecule has 1 amide bonds. The van der Waals surface area contributed by atoms with Crippen LogP contribution in [0.25, 0.3) is 5.69 Å². The van der Waals surface area contributed by atoms with Gasteiger partial charge in [0.25, 0.3) is 0 Å². The van der Waals surface area contributed by atoms with Gasteiger partial charge in [0.2, 0.25) is 5.91 Å². The highest BCUT2D eigenvalue weighted by atomic mass is 32.1. The fourth-order valence-corrected chi connectivity index (χ4v) is 3.26. The number of amides is 1. The first kappa shape index (κ1) is 18.9. The first-order valence-electron chi connectivity index (χ1n) is 7.84. The molecule has 3 rings (SSSR count). The Labute approximate surface area is 155 Å². The predicted octanol–water partition coefficient (Wildman–Crippen LogP) is 3.37. The van der Waals surface area contributed by atoms with E-state index in [1.807, 2.05) is 0 Å². The maximum atomic E-state index is 13.0. The first-order chi connectivity index (χ1) is 12.6. The molecule has 3 aromatic rings. The summed E-state index contributed by atoms with van der Waals surface area (Å²) in [5, 5.41) is 8.41. The lowest BCUT2D eigenvalue weighted by Gasteiger charge is -2.12. The second-order valence-electron chi connectivity index (χ2n) is 5.91. The fraction of sp³-hybridized carbons (Fsp3) is 0.235. The number of nitrogens with one attached hydrogen (secondary N) is 1. The van der Waals surface area contributed by atoms with E-state index in [0.29, 0.717) is 11.4 Å². The van der Waals surface area contributed by atoms with Crippen LogP contribution in [0.1, 0.15) is 17.0 Å². The summed E-state index contributed by atoms with van der Waals surface area (Å²) >= 11 is 0.991. The van der Waals surface area contributed by atoms with Gasteiger partial charge >= 0.3 is 11.0 Å². The number of carbonyl (C=O) groups excluding carboxylic acids is 1. The number of hydrogen-bond donors (Lipinski definition) is 1. The molecule has 0 aliphatic carbocycles. The van der Waals surface area contributed by atoms with Crippen molar-refractivity contribution in [2.45, 2.75) is 26.6 Å². The Morgan fingerprint density at radius 1 is 1.26 bits per heavy atom. The van der Waals surface area contributed by atoms with E-state index in [0.717, 1.165) is 23.5 Å². The largest absolute Gasteiger partial charge is 0.416 e. The Hall–Kier alpha value is -2.88. The van der Waals surface area contributed by atoms with E-state index in [1.54, 1.807) is 25.3 Å². The standard InChI is InChI=1S/C17H15F3N4O2S/c1-10-6-14(21-15(25)8-23-11(2)9-27-16(23)26)24(22-10)13-5-3-4-12(7-13)17(18,19)20/h3-7,9H,8H2,1-2H3,(H,21,25). The number of halogens is 3. The molecule has 142 valence electrons. The number of hydrogen-bond acceptors (Lipinski definition) is 4. The van der Waals surface area contributed by atoms with Crippen LogP contribution >= 0.6 is 11.3 Å². The smallest absolute Gasteiger partial charge is 0.309 e. The molecule has 2 aromatic heterocycles. The summed E-state index contributed by atoms with van der Waals surface area (Å²) in [6.07, 6.45) is -4.49. The van der Waals surface area contributed by atoms with E-state index in [-0.39, 0.29) is 22.9 Å². The molecular weight excluding hydrogens is 381 g/mol. The number of carbonyl (C=O) groups is 1. The lowest BCUT2D eigenvalue weighted by Crippen LogP contribution is -2.26. The molecule has 1 aromatic carbocycles. The van der Waals surface area contributed by atoms with Crippen molar-refractivity contribution in [3.05, 3.63) is 62.3 Å². The van der Waals surface area contributed by atoms with Crippen LogP contribution in [0.3, 0.4) is 0 Å². The average Bonchev–Trinajstić information content (AvgIpc) is 3.11. The van der Waals surface area contributed by atoms with Crippen molar-refractivity contribution in [1.82, 2.24) is 14.3 Å². The molecule has 1 N–H and O–H groups in total. The van der Waals surface area contributed by atoms with Crippen LogP contribution in [0.2, 0.25) is 0 Å². The second kappa shape index (κ2) is 7.03. The van der Waals surface area contributed by atoms with Gasteiger partial charge in [0.05, 0.1) is 16.9 Å². The number of rotatable bonds is 4. The normalized spacial score (nSPS) is 11.6. The number of aryl methyl sites for hydroxylation is 2. The molecule has 0 atom stereocenters. The lowest BCUT2D eigenvalue weighted by atomic mass is 10.2. The van der Waals surface area contributed by atoms with E-state index in [2.05, 4.69) is 10.4 Å². The zero-order chi connectivity index (χ0) is 19.8. The van der Waals surface area contributed by atoms with E-state index in [9.17, 15) is 22.8 Å². The number of anilines is 1. The Morgan fingerprint density at radius 3 is 2.63 bits per heavy atom. The van der Waals surface area contributed by atoms with Crippen molar-refractivity contribution >= 4 is 23.1 Å². The minimum absolute atomic E-state index is 0.164. The van der Waals surface area contributed by atoms with E-state index >= 15 is 0 Å². The van der Waals surface area contributed by atoms with Gasteiger partial charge in [-0.2, -0.15) is 18.3 Å². The summed E-state index contributed by atoms with van der Waals surface area (Å²) in [5.41, 5.74) is 0.525. The summed E-state index contributed by atoms with van der Waals surface area (Å²) in [5.74, 6) is -0.260. The van der Waals surface area contributed by atoms with Gasteiger partial charge in [-0.1, -0.05) is 17.4 Å². The highest BCUT2D eigenvalue weighted by Crippen LogP contribution is 2.31. The fourth-order valence-electron chi connectivity index (χ4n) is 2.52. The lowest BCUT2D eigenvalue weighted by molar-refractivity contribution is -0.137. The van der Waals surface area contributed by atoms with Crippen LogP contribution in [0.4, 0.5) is 19.0 Å². The molecule has 10 heteroatoms. The maximum absolute atomic E-state index is 13.0. The molecule has 0 aliphatic heterocycles. The molecule has 0 saturated heterocycles. The zero-order valence-corrected chi connectivity index (χ0v) is 15.2. The predicted molar refractivity (Wildman–Crippen MR) is 95.2 cm³/mol. The summed E-state index contributed by atoms with van der Waals surface area (Å²) in [6.45, 7) is 3.18. The van der Waals surface area contributed by atoms with Crippen molar-refractivity contribution in [2.24, 2.45) is 0 Å². The Kier molecular flexibility index (Phi) is 4.92. The third kappa shape index (κ3) is 4.11. The molecule has 0 radical (unpaired) electrons. The minimum atomic E-state index is -4.49. The van der Waals surface area contributed by atoms with E-state index in [4.69, 9.17) is 0 Å². The van der Waals surface area contributed by atoms with Gasteiger partial charge in [-0.25, -0.2) is 4.68 Å². The second-order valence-corrected chi connectivity index (χ2v) is 6.73. The van der Waals surface area contributed by atoms with E-state index in [1.165, 1.54) is 21.4 Å². The van der Waals surface area contributed by atoms with Crippen LogP contribution in [-0.2, 0) is 17.5 Å². The molecule has 0 unspecified atom stereocenters. The summed E-state index contributed by atoms with van der Waals surface area (Å²) in [6, 6.07) is 6.20. The molecule has 0 saturated carbocycles. The quantitative estimate of drug-likeness (QED) is 0.735. The number of nitrogens with zero attached hydrogens (tertiary/aromatic N) is 3. The summed E-state index contributed by atoms with van der Waals surface area (Å²) in [4.78, 5) is 23.8. The number of aromatic nitrogens is 3. The monoisotopic (exact) mass is 396 g/mol. The number of thiazole rings is 1. The topological polar surface area (TPSA) is 68.9 Å². The number of benzene rings is 1. The van der Waals surface area contributed by atoms with Crippen molar-refractivity contribution < 1.29 is 18.0 Å². The minimum Gasteiger partial charge on any atom is -0.309 e. The molecular formula is C17H15F3N4O2S. The van der Waals surface area contributed by atoms with Gasteiger partial charge in [0.15, 0.2) is 0 Å². The van der Waals surface area contributed by atoms with Crippen molar-refractivity contribution in [2.75, 3.05) is 5.32 Å². The molecule has 27 heavy (non-hydrogen) atoms. The summed E-state index contributed by atoms with van der Waals surface area (Å²) in [7, 11) is 0. The highest BCUT2D eigenvalue weighted by molar-refractivity contribution is 7.07. The van der Waals surface area contributed by atoms with Crippen LogP contribution in [0, 0.1) is 13.8 Å². The molecule has 6 nitrogen and oxygen atoms in total. The molecule has 0 aliphatic rings. The molecule has 0 fully saturated rings. The van der Waals surface area contributed by atoms with E-state index < -0.39 is 17.6 Å². The average molecular weight is 396 g/mol. The van der Waals surface area contributed by atoms with Crippen molar-refractivity contribution in [3.8, 4) is 5.69 Å². The zero-order valence-electron chi connectivity index (χ0n) is 14.4. The Morgan fingerprint density at radius 2 is 2.00 bits per heavy atom. The van der Waals surface area contributed by atoms with Gasteiger partial charge in [0.1, 0.15) is 12.4 Å². The maximum Gasteiger partial charge on any atom is 0.416 e. The third-order valence-electron chi connectivity index (χ3n) is 3.80. The first-order valence-corrected chi connectivity index (χ1v) is 8.72. The Balaban J connectivity index is 1.89. The molecule has 0 bridgehead atoms. The van der Waals surface area contributed by atoms with Gasteiger partial charge in [-0.05, 0) is 32.0 Å². The van der Waals surface area contributed by atoms with Crippen LogP contribution in [0.5, 0.6) is 0 Å². The Bertz CT molecular complexity index is 1050. The van der Waals surface area contributed by atoms with Crippen molar-refractivity contribution in [1.29, 1.82) is 0 Å².